The van der Waals surface area contributed by atoms with E-state index in [2.05, 4.69) is 47.6 Å². The molecule has 4 saturated carbocycles. The van der Waals surface area contributed by atoms with Gasteiger partial charge in [-0.1, -0.05) is 60.1 Å². The average Bonchev–Trinajstić information content (AvgIpc) is 3.58. The van der Waals surface area contributed by atoms with Crippen molar-refractivity contribution in [2.24, 2.45) is 50.2 Å². The van der Waals surface area contributed by atoms with Crippen molar-refractivity contribution < 1.29 is 114 Å². The van der Waals surface area contributed by atoms with Crippen LogP contribution in [0.4, 0.5) is 0 Å². The highest BCUT2D eigenvalue weighted by Gasteiger charge is 2.70. The molecule has 4 aliphatic heterocycles. The number of fused-ring (bicyclic) bond motifs is 7. The second-order valence-corrected chi connectivity index (χ2v) is 26.4. The molecule has 0 unspecified atom stereocenters. The fourth-order valence-corrected chi connectivity index (χ4v) is 16.6. The summed E-state index contributed by atoms with van der Waals surface area (Å²) in [6, 6.07) is 0. The largest absolute Gasteiger partial charge is 0.479 e. The molecule has 8 fully saturated rings. The van der Waals surface area contributed by atoms with Gasteiger partial charge in [0.2, 0.25) is 0 Å². The number of ether oxygens (including phenoxy) is 8. The minimum atomic E-state index is -2.11. The zero-order valence-electron chi connectivity index (χ0n) is 45.4. The number of carboxylic acids is 1. The first kappa shape index (κ1) is 60.0. The van der Waals surface area contributed by atoms with Gasteiger partial charge in [-0.3, -0.25) is 0 Å². The van der Waals surface area contributed by atoms with Crippen LogP contribution < -0.4 is 0 Å². The van der Waals surface area contributed by atoms with E-state index in [1.807, 2.05) is 6.92 Å². The number of hydrogen-bond donors (Lipinski definition) is 14. The molecule has 0 aromatic carbocycles. The van der Waals surface area contributed by atoms with E-state index in [1.165, 1.54) is 12.5 Å². The van der Waals surface area contributed by atoms with Crippen LogP contribution in [-0.4, -0.2) is 232 Å². The number of aliphatic carboxylic acids is 1. The van der Waals surface area contributed by atoms with Crippen LogP contribution in [0.3, 0.4) is 0 Å². The third kappa shape index (κ3) is 9.70. The Bertz CT molecular complexity index is 2130. The molecule has 30 atom stereocenters. The van der Waals surface area contributed by atoms with Gasteiger partial charge >= 0.3 is 5.97 Å². The van der Waals surface area contributed by atoms with Crippen molar-refractivity contribution in [3.05, 3.63) is 11.6 Å². The number of aliphatic hydroxyl groups is 13. The molecule has 442 valence electrons. The molecule has 4 heterocycles. The molecule has 4 saturated heterocycles. The summed E-state index contributed by atoms with van der Waals surface area (Å²) in [4.78, 5) is 12.6. The van der Waals surface area contributed by atoms with Crippen LogP contribution in [0.2, 0.25) is 0 Å². The molecule has 0 spiro atoms. The standard InChI is InChI=1S/C54H88O23/c1-22-31(58)34(61)39(66)45(70-22)76-42-36(63)33(60)26(20-56)72-47(42)77-43-38(65)37(64)41(44(68)69)75-48(43)73-29-12-13-51(5)27(52(29,6)21-57)11-14-54(8)28(51)10-9-23-24-17-49(2,3)18-30(50(24,4)15-16-53(23,54)7)74-46-40(67)35(62)32(59)25(19-55)71-46/h9,22,24-43,45-48,55-67H,10-21H2,1-8H3,(H,68,69)/t22-,24-,25+,26+,27+,28+,29-,30+,31-,32+,33-,34+,35-,36-,37-,38-,39+,40+,41-,42+,43+,45-,46-,47-,48+,50+,51-,52+,53+,54+/m0/s1. The summed E-state index contributed by atoms with van der Waals surface area (Å²) < 4.78 is 48.9. The molecule has 0 aromatic heterocycles. The maximum absolute atomic E-state index is 12.6. The summed E-state index contributed by atoms with van der Waals surface area (Å²) in [5.41, 5.74) is -1.06. The van der Waals surface area contributed by atoms with Gasteiger partial charge in [0, 0.05) is 10.8 Å². The molecule has 23 heteroatoms. The summed E-state index contributed by atoms with van der Waals surface area (Å²) in [6.07, 6.45) is -26.2. The lowest BCUT2D eigenvalue weighted by molar-refractivity contribution is -0.396. The zero-order valence-corrected chi connectivity index (χ0v) is 45.4. The van der Waals surface area contributed by atoms with Gasteiger partial charge in [0.05, 0.1) is 38.1 Å². The summed E-state index contributed by atoms with van der Waals surface area (Å²) in [5.74, 6) is -1.57. The summed E-state index contributed by atoms with van der Waals surface area (Å²) in [7, 11) is 0. The highest BCUT2D eigenvalue weighted by Crippen LogP contribution is 2.76. The predicted molar refractivity (Wildman–Crippen MR) is 263 cm³/mol. The Labute approximate surface area is 449 Å². The minimum Gasteiger partial charge on any atom is -0.479 e. The number of carbonyl (C=O) groups is 1. The topological polar surface area (TPSA) is 374 Å². The van der Waals surface area contributed by atoms with E-state index < -0.39 is 165 Å². The van der Waals surface area contributed by atoms with Gasteiger partial charge in [-0.15, -0.1) is 0 Å². The molecule has 77 heavy (non-hydrogen) atoms. The fourth-order valence-electron chi connectivity index (χ4n) is 16.6. The van der Waals surface area contributed by atoms with Crippen LogP contribution in [0.5, 0.6) is 0 Å². The van der Waals surface area contributed by atoms with E-state index in [9.17, 15) is 76.3 Å². The lowest BCUT2D eigenvalue weighted by Gasteiger charge is -2.72. The second kappa shape index (κ2) is 21.5. The summed E-state index contributed by atoms with van der Waals surface area (Å²) in [6.45, 7) is 15.3. The highest BCUT2D eigenvalue weighted by molar-refractivity contribution is 5.73. The summed E-state index contributed by atoms with van der Waals surface area (Å²) in [5, 5.41) is 151. The molecule has 5 aliphatic carbocycles. The highest BCUT2D eigenvalue weighted by atomic mass is 16.8. The molecule has 9 aliphatic rings. The average molecular weight is 1110 g/mol. The Balaban J connectivity index is 0.978. The van der Waals surface area contributed by atoms with Crippen molar-refractivity contribution in [1.82, 2.24) is 0 Å². The van der Waals surface area contributed by atoms with Crippen molar-refractivity contribution in [3.63, 3.8) is 0 Å². The third-order valence-corrected chi connectivity index (χ3v) is 21.6. The second-order valence-electron chi connectivity index (χ2n) is 26.4. The number of aliphatic hydroxyl groups excluding tert-OH is 13. The summed E-state index contributed by atoms with van der Waals surface area (Å²) >= 11 is 0. The van der Waals surface area contributed by atoms with Crippen molar-refractivity contribution in [3.8, 4) is 0 Å². The van der Waals surface area contributed by atoms with Gasteiger partial charge in [0.25, 0.3) is 0 Å². The molecule has 0 amide bonds. The smallest absolute Gasteiger partial charge is 0.335 e. The van der Waals surface area contributed by atoms with E-state index in [0.29, 0.717) is 25.7 Å². The Kier molecular flexibility index (Phi) is 16.8. The van der Waals surface area contributed by atoms with Crippen molar-refractivity contribution in [1.29, 1.82) is 0 Å². The quantitative estimate of drug-likeness (QED) is 0.0783. The predicted octanol–water partition coefficient (Wildman–Crippen LogP) is -1.47. The number of rotatable bonds is 12. The van der Waals surface area contributed by atoms with Gasteiger partial charge in [0.15, 0.2) is 31.3 Å². The number of carboxylic acid groups (broad SMARTS) is 1. The molecule has 0 aromatic rings. The zero-order chi connectivity index (χ0) is 56.4. The first-order valence-corrected chi connectivity index (χ1v) is 27.8. The monoisotopic (exact) mass is 1100 g/mol. The third-order valence-electron chi connectivity index (χ3n) is 21.6. The van der Waals surface area contributed by atoms with Crippen LogP contribution in [-0.2, 0) is 42.7 Å². The van der Waals surface area contributed by atoms with E-state index in [0.717, 1.165) is 32.1 Å². The van der Waals surface area contributed by atoms with Crippen LogP contribution in [0.15, 0.2) is 11.6 Å². The Morgan fingerprint density at radius 1 is 0.558 bits per heavy atom. The van der Waals surface area contributed by atoms with Crippen LogP contribution in [0.1, 0.15) is 113 Å². The molecular formula is C54H88O23. The van der Waals surface area contributed by atoms with Gasteiger partial charge in [-0.05, 0) is 104 Å². The van der Waals surface area contributed by atoms with Crippen LogP contribution in [0, 0.1) is 50.2 Å². The maximum Gasteiger partial charge on any atom is 0.335 e. The molecule has 9 rings (SSSR count). The minimum absolute atomic E-state index is 0.0886. The first-order valence-electron chi connectivity index (χ1n) is 27.8. The van der Waals surface area contributed by atoms with Crippen LogP contribution in [0.25, 0.3) is 0 Å². The van der Waals surface area contributed by atoms with Crippen LogP contribution >= 0.6 is 0 Å². The Morgan fingerprint density at radius 3 is 1.71 bits per heavy atom. The van der Waals surface area contributed by atoms with E-state index in [4.69, 9.17) is 37.9 Å². The van der Waals surface area contributed by atoms with Gasteiger partial charge in [0.1, 0.15) is 85.5 Å². The van der Waals surface area contributed by atoms with Crippen molar-refractivity contribution >= 4 is 5.97 Å². The Morgan fingerprint density at radius 2 is 1.10 bits per heavy atom. The van der Waals surface area contributed by atoms with E-state index in [-0.39, 0.29) is 46.0 Å². The Hall–Kier alpha value is -1.63. The molecule has 0 radical (unpaired) electrons. The van der Waals surface area contributed by atoms with Gasteiger partial charge in [-0.2, -0.15) is 0 Å². The van der Waals surface area contributed by atoms with Gasteiger partial charge < -0.3 is 109 Å². The first-order chi connectivity index (χ1) is 36.0. The van der Waals surface area contributed by atoms with Crippen molar-refractivity contribution in [2.75, 3.05) is 19.8 Å². The van der Waals surface area contributed by atoms with E-state index in [1.54, 1.807) is 0 Å². The molecule has 23 nitrogen and oxygen atoms in total. The SMILES string of the molecule is C[C@@H]1O[C@@H](O[C@H]2[C@H](O[C@H]3[C@H](O[C@H]4CC[C@@]5(C)[C@@H](CC[C@]6(C)[C@@H]5CC=C5[C@@H]7CC(C)(C)C[C@@H](O[C@@H]8O[C@H](CO)[C@@H](O)[C@H](O)[C@H]8O)[C@]7(C)CC[C@]56C)[C@@]4(C)CO)O[C@H](C(=O)O)[C@@H](O)[C@@H]3O)O[C@H](CO)[C@H](O)[C@@H]2O)[C@H](O)[C@H](O)[C@H]1O. The number of hydrogen-bond acceptors (Lipinski definition) is 22. The van der Waals surface area contributed by atoms with Crippen molar-refractivity contribution in [2.45, 2.75) is 248 Å². The lowest BCUT2D eigenvalue weighted by atomic mass is 9.33. The normalized spacial score (nSPS) is 55.7. The molecule has 14 N–H and O–H groups in total. The lowest BCUT2D eigenvalue weighted by Crippen LogP contribution is -2.68. The molecule has 0 bridgehead atoms. The number of allylic oxidation sites excluding steroid dienone is 2. The maximum atomic E-state index is 12.6. The fraction of sp³-hybridized carbons (Fsp3) is 0.944. The van der Waals surface area contributed by atoms with E-state index >= 15 is 0 Å². The molecular weight excluding hydrogens is 1020 g/mol. The van der Waals surface area contributed by atoms with Gasteiger partial charge in [-0.25, -0.2) is 4.79 Å².